The van der Waals surface area contributed by atoms with E-state index in [0.29, 0.717) is 16.8 Å². The summed E-state index contributed by atoms with van der Waals surface area (Å²) >= 11 is 9.61. The van der Waals surface area contributed by atoms with E-state index in [0.717, 1.165) is 21.1 Å². The number of rotatable bonds is 3. The van der Waals surface area contributed by atoms with Gasteiger partial charge in [0.25, 0.3) is 0 Å². The number of hydrogen-bond acceptors (Lipinski definition) is 5. The molecule has 2 aromatic carbocycles. The summed E-state index contributed by atoms with van der Waals surface area (Å²) in [4.78, 5) is 8.65. The molecule has 0 saturated carbocycles. The third kappa shape index (κ3) is 2.92. The van der Waals surface area contributed by atoms with Crippen LogP contribution < -0.4 is 16.6 Å². The van der Waals surface area contributed by atoms with E-state index < -0.39 is 0 Å². The van der Waals surface area contributed by atoms with Crippen molar-refractivity contribution in [3.8, 4) is 0 Å². The standard InChI is InChI=1S/C14H11BrClN5/c15-8-5-6-12(10(16)7-8)18-13-9-3-1-2-4-11(9)19-14(20-13)21-17/h1-7H,17H2,(H2,18,19,20,21). The topological polar surface area (TPSA) is 75.9 Å². The Labute approximate surface area is 134 Å². The van der Waals surface area contributed by atoms with Crippen LogP contribution in [0.15, 0.2) is 46.9 Å². The summed E-state index contributed by atoms with van der Waals surface area (Å²) in [6.07, 6.45) is 0. The first-order valence-electron chi connectivity index (χ1n) is 6.13. The summed E-state index contributed by atoms with van der Waals surface area (Å²) in [5, 5.41) is 4.69. The minimum absolute atomic E-state index is 0.337. The Morgan fingerprint density at radius 1 is 1.10 bits per heavy atom. The van der Waals surface area contributed by atoms with E-state index in [1.807, 2.05) is 42.5 Å². The second-order valence-corrected chi connectivity index (χ2v) is 5.63. The molecule has 0 bridgehead atoms. The van der Waals surface area contributed by atoms with Crippen LogP contribution in [0, 0.1) is 0 Å². The minimum Gasteiger partial charge on any atom is -0.338 e. The van der Waals surface area contributed by atoms with Crippen LogP contribution in [0.5, 0.6) is 0 Å². The van der Waals surface area contributed by atoms with Crippen molar-refractivity contribution >= 4 is 55.9 Å². The molecule has 1 heterocycles. The van der Waals surface area contributed by atoms with E-state index in [-0.39, 0.29) is 0 Å². The summed E-state index contributed by atoms with van der Waals surface area (Å²) in [6.45, 7) is 0. The van der Waals surface area contributed by atoms with Crippen LogP contribution >= 0.6 is 27.5 Å². The van der Waals surface area contributed by atoms with E-state index in [4.69, 9.17) is 17.4 Å². The second kappa shape index (κ2) is 5.85. The molecule has 5 nitrogen and oxygen atoms in total. The first-order chi connectivity index (χ1) is 10.2. The molecule has 0 saturated heterocycles. The highest BCUT2D eigenvalue weighted by Crippen LogP contribution is 2.30. The van der Waals surface area contributed by atoms with Gasteiger partial charge in [-0.1, -0.05) is 39.7 Å². The molecule has 1 aromatic heterocycles. The van der Waals surface area contributed by atoms with Gasteiger partial charge in [-0.2, -0.15) is 4.98 Å². The monoisotopic (exact) mass is 363 g/mol. The molecule has 106 valence electrons. The second-order valence-electron chi connectivity index (χ2n) is 4.31. The predicted molar refractivity (Wildman–Crippen MR) is 89.8 cm³/mol. The van der Waals surface area contributed by atoms with Crippen LogP contribution in [-0.4, -0.2) is 9.97 Å². The van der Waals surface area contributed by atoms with Gasteiger partial charge in [-0.05, 0) is 30.3 Å². The number of nitrogens with zero attached hydrogens (tertiary/aromatic N) is 2. The number of fused-ring (bicyclic) bond motifs is 1. The quantitative estimate of drug-likeness (QED) is 0.482. The van der Waals surface area contributed by atoms with Crippen molar-refractivity contribution in [3.05, 3.63) is 52.0 Å². The molecule has 0 aliphatic heterocycles. The molecule has 3 aromatic rings. The molecule has 0 atom stereocenters. The maximum absolute atomic E-state index is 6.23. The van der Waals surface area contributed by atoms with E-state index in [1.54, 1.807) is 0 Å². The maximum Gasteiger partial charge on any atom is 0.239 e. The first kappa shape index (κ1) is 14.1. The molecule has 0 amide bonds. The molecule has 0 unspecified atom stereocenters. The molecule has 0 spiro atoms. The molecule has 0 aliphatic carbocycles. The number of para-hydroxylation sites is 1. The average Bonchev–Trinajstić information content (AvgIpc) is 2.49. The Kier molecular flexibility index (Phi) is 3.92. The summed E-state index contributed by atoms with van der Waals surface area (Å²) in [6, 6.07) is 13.3. The molecule has 4 N–H and O–H groups in total. The van der Waals surface area contributed by atoms with Crippen molar-refractivity contribution in [2.45, 2.75) is 0 Å². The number of hydrazine groups is 1. The molecule has 7 heteroatoms. The number of benzene rings is 2. The Balaban J connectivity index is 2.10. The third-order valence-electron chi connectivity index (χ3n) is 2.92. The number of nitrogens with two attached hydrogens (primary N) is 1. The van der Waals surface area contributed by atoms with Gasteiger partial charge in [0.1, 0.15) is 5.82 Å². The van der Waals surface area contributed by atoms with E-state index in [9.17, 15) is 0 Å². The van der Waals surface area contributed by atoms with Gasteiger partial charge < -0.3 is 5.32 Å². The highest BCUT2D eigenvalue weighted by atomic mass is 79.9. The van der Waals surface area contributed by atoms with Gasteiger partial charge in [0.15, 0.2) is 0 Å². The number of anilines is 3. The van der Waals surface area contributed by atoms with Crippen LogP contribution in [0.25, 0.3) is 10.9 Å². The summed E-state index contributed by atoms with van der Waals surface area (Å²) in [5.41, 5.74) is 4.01. The molecule has 0 aliphatic rings. The van der Waals surface area contributed by atoms with Crippen LogP contribution in [0.1, 0.15) is 0 Å². The Bertz CT molecular complexity index is 808. The number of nitrogens with one attached hydrogen (secondary N) is 2. The van der Waals surface area contributed by atoms with Gasteiger partial charge in [0.2, 0.25) is 5.95 Å². The normalized spacial score (nSPS) is 10.6. The van der Waals surface area contributed by atoms with E-state index in [2.05, 4.69) is 36.6 Å². The van der Waals surface area contributed by atoms with Gasteiger partial charge in [-0.15, -0.1) is 0 Å². The van der Waals surface area contributed by atoms with Crippen molar-refractivity contribution in [1.29, 1.82) is 0 Å². The number of nitrogen functional groups attached to an aromatic ring is 1. The zero-order valence-corrected chi connectivity index (χ0v) is 13.1. The lowest BCUT2D eigenvalue weighted by Crippen LogP contribution is -2.11. The SMILES string of the molecule is NNc1nc(Nc2ccc(Br)cc2Cl)c2ccccc2n1. The van der Waals surface area contributed by atoms with Gasteiger partial charge in [-0.25, -0.2) is 10.8 Å². The molecule has 0 fully saturated rings. The van der Waals surface area contributed by atoms with Crippen molar-refractivity contribution in [3.63, 3.8) is 0 Å². The summed E-state index contributed by atoms with van der Waals surface area (Å²) < 4.78 is 0.912. The Morgan fingerprint density at radius 2 is 1.90 bits per heavy atom. The van der Waals surface area contributed by atoms with Gasteiger partial charge in [0, 0.05) is 9.86 Å². The summed E-state index contributed by atoms with van der Waals surface area (Å²) in [7, 11) is 0. The highest BCUT2D eigenvalue weighted by Gasteiger charge is 2.09. The molecular formula is C14H11BrClN5. The number of hydrogen-bond donors (Lipinski definition) is 3. The van der Waals surface area contributed by atoms with E-state index in [1.165, 1.54) is 0 Å². The average molecular weight is 365 g/mol. The lowest BCUT2D eigenvalue weighted by Gasteiger charge is -2.11. The first-order valence-corrected chi connectivity index (χ1v) is 7.30. The lowest BCUT2D eigenvalue weighted by atomic mass is 10.2. The molecular weight excluding hydrogens is 354 g/mol. The lowest BCUT2D eigenvalue weighted by molar-refractivity contribution is 1.15. The molecule has 21 heavy (non-hydrogen) atoms. The van der Waals surface area contributed by atoms with Crippen molar-refractivity contribution in [1.82, 2.24) is 9.97 Å². The zero-order chi connectivity index (χ0) is 14.8. The molecule has 0 radical (unpaired) electrons. The summed E-state index contributed by atoms with van der Waals surface area (Å²) in [5.74, 6) is 6.39. The predicted octanol–water partition coefficient (Wildman–Crippen LogP) is 4.07. The fraction of sp³-hybridized carbons (Fsp3) is 0. The van der Waals surface area contributed by atoms with Crippen LogP contribution in [0.2, 0.25) is 5.02 Å². The highest BCUT2D eigenvalue weighted by molar-refractivity contribution is 9.10. The number of halogens is 2. The molecule has 3 rings (SSSR count). The van der Waals surface area contributed by atoms with Gasteiger partial charge in [-0.3, -0.25) is 5.43 Å². The smallest absolute Gasteiger partial charge is 0.239 e. The van der Waals surface area contributed by atoms with Crippen molar-refractivity contribution in [2.75, 3.05) is 10.7 Å². The zero-order valence-electron chi connectivity index (χ0n) is 10.8. The van der Waals surface area contributed by atoms with E-state index >= 15 is 0 Å². The van der Waals surface area contributed by atoms with Crippen molar-refractivity contribution in [2.24, 2.45) is 5.84 Å². The Hall–Kier alpha value is -1.89. The fourth-order valence-corrected chi connectivity index (χ4v) is 2.68. The van der Waals surface area contributed by atoms with Gasteiger partial charge >= 0.3 is 0 Å². The van der Waals surface area contributed by atoms with Crippen LogP contribution in [0.4, 0.5) is 17.5 Å². The van der Waals surface area contributed by atoms with Crippen LogP contribution in [0.3, 0.4) is 0 Å². The Morgan fingerprint density at radius 3 is 2.67 bits per heavy atom. The number of aromatic nitrogens is 2. The third-order valence-corrected chi connectivity index (χ3v) is 3.72. The minimum atomic E-state index is 0.337. The maximum atomic E-state index is 6.23. The van der Waals surface area contributed by atoms with Gasteiger partial charge in [0.05, 0.1) is 16.2 Å². The fourth-order valence-electron chi connectivity index (χ4n) is 1.95. The van der Waals surface area contributed by atoms with Crippen LogP contribution in [-0.2, 0) is 0 Å². The van der Waals surface area contributed by atoms with Crippen molar-refractivity contribution < 1.29 is 0 Å². The largest absolute Gasteiger partial charge is 0.338 e.